The molecule has 1 aliphatic carbocycles. The number of aromatic nitrogens is 2. The average molecular weight is 273 g/mol. The zero-order valence-corrected chi connectivity index (χ0v) is 11.8. The van der Waals surface area contributed by atoms with Crippen LogP contribution in [0.4, 0.5) is 4.39 Å². The fourth-order valence-corrected chi connectivity index (χ4v) is 4.01. The van der Waals surface area contributed by atoms with Gasteiger partial charge in [0.2, 0.25) is 0 Å². The summed E-state index contributed by atoms with van der Waals surface area (Å²) in [7, 11) is 1.99. The average Bonchev–Trinajstić information content (AvgIpc) is 3.01. The van der Waals surface area contributed by atoms with E-state index in [1.807, 2.05) is 11.6 Å². The second-order valence-electron chi connectivity index (χ2n) is 6.27. The molecule has 20 heavy (non-hydrogen) atoms. The number of hydrogen-bond acceptors (Lipinski definition) is 2. The van der Waals surface area contributed by atoms with Gasteiger partial charge < -0.3 is 9.88 Å². The molecule has 1 N–H and O–H groups in total. The van der Waals surface area contributed by atoms with Crippen LogP contribution in [0, 0.1) is 11.7 Å². The zero-order chi connectivity index (χ0) is 13.7. The van der Waals surface area contributed by atoms with Gasteiger partial charge in [0.15, 0.2) is 0 Å². The standard InChI is InChI=1S/C16H20FN3/c1-20-15-9-11(17)6-7-13(15)19-16(20)14-8-10-4-2-3-5-12(10)18-14/h6-7,9-10,12,14,18H,2-5,8H2,1H3. The number of fused-ring (bicyclic) bond motifs is 2. The quantitative estimate of drug-likeness (QED) is 0.864. The maximum absolute atomic E-state index is 13.4. The summed E-state index contributed by atoms with van der Waals surface area (Å²) in [5, 5.41) is 3.75. The van der Waals surface area contributed by atoms with Crippen LogP contribution in [0.5, 0.6) is 0 Å². The fourth-order valence-electron chi connectivity index (χ4n) is 4.01. The number of nitrogens with one attached hydrogen (secondary N) is 1. The summed E-state index contributed by atoms with van der Waals surface area (Å²) in [4.78, 5) is 4.73. The second kappa shape index (κ2) is 4.55. The molecule has 0 radical (unpaired) electrons. The predicted molar refractivity (Wildman–Crippen MR) is 76.9 cm³/mol. The molecule has 4 heteroatoms. The van der Waals surface area contributed by atoms with Crippen molar-refractivity contribution in [2.75, 3.05) is 0 Å². The topological polar surface area (TPSA) is 29.9 Å². The Morgan fingerprint density at radius 3 is 3.00 bits per heavy atom. The molecule has 2 fully saturated rings. The third kappa shape index (κ3) is 1.85. The normalized spacial score (nSPS) is 29.8. The summed E-state index contributed by atoms with van der Waals surface area (Å²) in [6.45, 7) is 0. The molecule has 0 spiro atoms. The lowest BCUT2D eigenvalue weighted by Crippen LogP contribution is -2.31. The Hall–Kier alpha value is -1.42. The highest BCUT2D eigenvalue weighted by Crippen LogP contribution is 2.39. The van der Waals surface area contributed by atoms with Gasteiger partial charge in [-0.05, 0) is 43.4 Å². The molecule has 0 bridgehead atoms. The third-order valence-electron chi connectivity index (χ3n) is 5.05. The van der Waals surface area contributed by atoms with Gasteiger partial charge >= 0.3 is 0 Å². The van der Waals surface area contributed by atoms with Crippen molar-refractivity contribution in [3.8, 4) is 0 Å². The molecule has 2 aliphatic rings. The number of imidazole rings is 1. The molecule has 106 valence electrons. The first-order valence-corrected chi connectivity index (χ1v) is 7.60. The number of halogens is 1. The van der Waals surface area contributed by atoms with Gasteiger partial charge in [0.05, 0.1) is 17.1 Å². The fraction of sp³-hybridized carbons (Fsp3) is 0.562. The van der Waals surface area contributed by atoms with E-state index in [0.717, 1.165) is 22.8 Å². The van der Waals surface area contributed by atoms with Crippen LogP contribution in [0.1, 0.15) is 44.0 Å². The van der Waals surface area contributed by atoms with E-state index in [-0.39, 0.29) is 5.82 Å². The summed E-state index contributed by atoms with van der Waals surface area (Å²) < 4.78 is 15.4. The molecule has 2 heterocycles. The summed E-state index contributed by atoms with van der Waals surface area (Å²) in [6.07, 6.45) is 6.51. The monoisotopic (exact) mass is 273 g/mol. The molecule has 0 amide bonds. The Kier molecular flexibility index (Phi) is 2.81. The molecule has 4 rings (SSSR count). The Bertz CT molecular complexity index is 634. The molecule has 1 saturated carbocycles. The molecular weight excluding hydrogens is 253 g/mol. The van der Waals surface area contributed by atoms with Crippen LogP contribution >= 0.6 is 0 Å². The number of hydrogen-bond donors (Lipinski definition) is 1. The van der Waals surface area contributed by atoms with Crippen molar-refractivity contribution in [3.05, 3.63) is 29.8 Å². The highest BCUT2D eigenvalue weighted by atomic mass is 19.1. The Morgan fingerprint density at radius 1 is 1.30 bits per heavy atom. The largest absolute Gasteiger partial charge is 0.330 e. The predicted octanol–water partition coefficient (Wildman–Crippen LogP) is 3.31. The van der Waals surface area contributed by atoms with Crippen molar-refractivity contribution in [2.24, 2.45) is 13.0 Å². The van der Waals surface area contributed by atoms with E-state index in [1.165, 1.54) is 38.2 Å². The maximum Gasteiger partial charge on any atom is 0.126 e. The second-order valence-corrected chi connectivity index (χ2v) is 6.27. The van der Waals surface area contributed by atoms with Crippen LogP contribution in [0.2, 0.25) is 0 Å². The minimum atomic E-state index is -0.194. The van der Waals surface area contributed by atoms with E-state index in [9.17, 15) is 4.39 Å². The lowest BCUT2D eigenvalue weighted by molar-refractivity contribution is 0.325. The lowest BCUT2D eigenvalue weighted by atomic mass is 9.85. The van der Waals surface area contributed by atoms with E-state index >= 15 is 0 Å². The first kappa shape index (κ1) is 12.3. The number of aryl methyl sites for hydroxylation is 1. The molecule has 3 atom stereocenters. The van der Waals surface area contributed by atoms with Crippen LogP contribution in [-0.4, -0.2) is 15.6 Å². The van der Waals surface area contributed by atoms with Crippen molar-refractivity contribution in [3.63, 3.8) is 0 Å². The minimum Gasteiger partial charge on any atom is -0.330 e. The van der Waals surface area contributed by atoms with Crippen molar-refractivity contribution < 1.29 is 4.39 Å². The summed E-state index contributed by atoms with van der Waals surface area (Å²) in [5.41, 5.74) is 1.78. The first-order chi connectivity index (χ1) is 9.72. The maximum atomic E-state index is 13.4. The molecule has 2 aromatic rings. The highest BCUT2D eigenvalue weighted by molar-refractivity contribution is 5.76. The van der Waals surface area contributed by atoms with Gasteiger partial charge in [-0.25, -0.2) is 9.37 Å². The van der Waals surface area contributed by atoms with E-state index in [2.05, 4.69) is 5.32 Å². The van der Waals surface area contributed by atoms with E-state index < -0.39 is 0 Å². The lowest BCUT2D eigenvalue weighted by Gasteiger charge is -2.24. The number of nitrogens with zero attached hydrogens (tertiary/aromatic N) is 2. The molecule has 1 saturated heterocycles. The van der Waals surface area contributed by atoms with Gasteiger partial charge in [-0.15, -0.1) is 0 Å². The van der Waals surface area contributed by atoms with Crippen molar-refractivity contribution in [1.82, 2.24) is 14.9 Å². The first-order valence-electron chi connectivity index (χ1n) is 7.60. The van der Waals surface area contributed by atoms with Crippen LogP contribution in [0.3, 0.4) is 0 Å². The summed E-state index contributed by atoms with van der Waals surface area (Å²) in [6, 6.07) is 5.82. The third-order valence-corrected chi connectivity index (χ3v) is 5.05. The van der Waals surface area contributed by atoms with Gasteiger partial charge in [-0.2, -0.15) is 0 Å². The molecule has 3 unspecified atom stereocenters. The Balaban J connectivity index is 1.70. The summed E-state index contributed by atoms with van der Waals surface area (Å²) in [5.74, 6) is 1.66. The molecule has 1 aliphatic heterocycles. The van der Waals surface area contributed by atoms with Gasteiger partial charge in [0.1, 0.15) is 11.6 Å². The Morgan fingerprint density at radius 2 is 2.15 bits per heavy atom. The molecular formula is C16H20FN3. The highest BCUT2D eigenvalue weighted by Gasteiger charge is 2.37. The van der Waals surface area contributed by atoms with Gasteiger partial charge in [-0.3, -0.25) is 0 Å². The SMILES string of the molecule is Cn1c(C2CC3CCCCC3N2)nc2ccc(F)cc21. The van der Waals surface area contributed by atoms with Crippen LogP contribution in [0.25, 0.3) is 11.0 Å². The summed E-state index contributed by atoms with van der Waals surface area (Å²) >= 11 is 0. The van der Waals surface area contributed by atoms with Crippen LogP contribution in [0.15, 0.2) is 18.2 Å². The van der Waals surface area contributed by atoms with Crippen LogP contribution < -0.4 is 5.32 Å². The van der Waals surface area contributed by atoms with Crippen molar-refractivity contribution in [1.29, 1.82) is 0 Å². The minimum absolute atomic E-state index is 0.194. The van der Waals surface area contributed by atoms with Crippen LogP contribution in [-0.2, 0) is 7.05 Å². The van der Waals surface area contributed by atoms with Gasteiger partial charge in [0, 0.05) is 13.1 Å². The smallest absolute Gasteiger partial charge is 0.126 e. The van der Waals surface area contributed by atoms with E-state index in [4.69, 9.17) is 4.98 Å². The number of rotatable bonds is 1. The molecule has 1 aromatic carbocycles. The zero-order valence-electron chi connectivity index (χ0n) is 11.8. The van der Waals surface area contributed by atoms with Crippen molar-refractivity contribution in [2.45, 2.75) is 44.2 Å². The van der Waals surface area contributed by atoms with E-state index in [1.54, 1.807) is 12.1 Å². The molecule has 3 nitrogen and oxygen atoms in total. The molecule has 1 aromatic heterocycles. The number of benzene rings is 1. The Labute approximate surface area is 118 Å². The van der Waals surface area contributed by atoms with E-state index in [0.29, 0.717) is 12.1 Å². The van der Waals surface area contributed by atoms with Crippen molar-refractivity contribution >= 4 is 11.0 Å². The van der Waals surface area contributed by atoms with Gasteiger partial charge in [0.25, 0.3) is 0 Å². The van der Waals surface area contributed by atoms with Gasteiger partial charge in [-0.1, -0.05) is 12.8 Å².